The number of hydrogen-bond donors (Lipinski definition) is 0. The number of anilines is 1. The monoisotopic (exact) mass is 371 g/mol. The van der Waals surface area contributed by atoms with Crippen LogP contribution < -0.4 is 4.90 Å². The van der Waals surface area contributed by atoms with Crippen LogP contribution in [-0.2, 0) is 11.3 Å². The van der Waals surface area contributed by atoms with Crippen molar-refractivity contribution in [2.75, 3.05) is 24.6 Å². The first-order valence-electron chi connectivity index (χ1n) is 9.56. The Morgan fingerprint density at radius 3 is 2.07 bits per heavy atom. The minimum Gasteiger partial charge on any atom is -0.375 e. The van der Waals surface area contributed by atoms with Crippen LogP contribution in [0.5, 0.6) is 0 Å². The zero-order valence-electron chi connectivity index (χ0n) is 16.2. The Hall–Kier alpha value is -3.20. The van der Waals surface area contributed by atoms with Gasteiger partial charge in [0.25, 0.3) is 0 Å². The van der Waals surface area contributed by atoms with E-state index in [0.717, 1.165) is 29.8 Å². The molecule has 0 atom stereocenters. The molecule has 0 radical (unpaired) electrons. The van der Waals surface area contributed by atoms with Gasteiger partial charge in [0.1, 0.15) is 0 Å². The molecule has 0 N–H and O–H groups in total. The van der Waals surface area contributed by atoms with Crippen molar-refractivity contribution in [1.82, 2.24) is 0 Å². The van der Waals surface area contributed by atoms with Gasteiger partial charge in [-0.3, -0.25) is 0 Å². The summed E-state index contributed by atoms with van der Waals surface area (Å²) in [6.07, 6.45) is 0. The van der Waals surface area contributed by atoms with Crippen LogP contribution in [0.2, 0.25) is 0 Å². The Kier molecular flexibility index (Phi) is 7.14. The first kappa shape index (κ1) is 19.6. The largest absolute Gasteiger partial charge is 0.375 e. The SMILES string of the molecule is CCN(CCOCc1ccc(C(=[N+]=[N-])c2ccccc2)cc1)c1ccccc1. The quantitative estimate of drug-likeness (QED) is 0.235. The van der Waals surface area contributed by atoms with Crippen molar-refractivity contribution in [2.24, 2.45) is 0 Å². The van der Waals surface area contributed by atoms with Gasteiger partial charge in [0.15, 0.2) is 0 Å². The third-order valence-electron chi connectivity index (χ3n) is 4.65. The van der Waals surface area contributed by atoms with E-state index in [4.69, 9.17) is 4.74 Å². The van der Waals surface area contributed by atoms with Crippen molar-refractivity contribution in [2.45, 2.75) is 13.5 Å². The zero-order valence-corrected chi connectivity index (χ0v) is 16.2. The molecular weight excluding hydrogens is 346 g/mol. The van der Waals surface area contributed by atoms with Gasteiger partial charge in [-0.1, -0.05) is 48.5 Å². The predicted molar refractivity (Wildman–Crippen MR) is 114 cm³/mol. The summed E-state index contributed by atoms with van der Waals surface area (Å²) in [4.78, 5) is 5.77. The van der Waals surface area contributed by atoms with Gasteiger partial charge >= 0.3 is 5.71 Å². The van der Waals surface area contributed by atoms with E-state index in [1.165, 1.54) is 5.69 Å². The third-order valence-corrected chi connectivity index (χ3v) is 4.65. The number of benzene rings is 3. The molecule has 0 unspecified atom stereocenters. The van der Waals surface area contributed by atoms with Crippen molar-refractivity contribution >= 4 is 11.4 Å². The van der Waals surface area contributed by atoms with Crippen LogP contribution in [0.25, 0.3) is 5.53 Å². The van der Waals surface area contributed by atoms with E-state index in [9.17, 15) is 5.53 Å². The summed E-state index contributed by atoms with van der Waals surface area (Å²) in [6.45, 7) is 5.18. The minimum atomic E-state index is 0.559. The fourth-order valence-corrected chi connectivity index (χ4v) is 3.11. The number of likely N-dealkylation sites (N-methyl/N-ethyl adjacent to an activating group) is 1. The minimum absolute atomic E-state index is 0.559. The van der Waals surface area contributed by atoms with E-state index < -0.39 is 0 Å². The molecule has 0 aliphatic rings. The Morgan fingerprint density at radius 2 is 1.46 bits per heavy atom. The molecule has 4 nitrogen and oxygen atoms in total. The summed E-state index contributed by atoms with van der Waals surface area (Å²) in [5, 5.41) is 0. The molecule has 0 amide bonds. The van der Waals surface area contributed by atoms with Crippen molar-refractivity contribution in [3.63, 3.8) is 0 Å². The molecule has 0 saturated heterocycles. The number of nitrogens with zero attached hydrogens (tertiary/aromatic N) is 3. The molecule has 0 aromatic heterocycles. The van der Waals surface area contributed by atoms with Gasteiger partial charge in [0.05, 0.1) is 24.3 Å². The normalized spacial score (nSPS) is 10.3. The van der Waals surface area contributed by atoms with Crippen molar-refractivity contribution in [1.29, 1.82) is 0 Å². The van der Waals surface area contributed by atoms with Gasteiger partial charge in [-0.25, -0.2) is 0 Å². The average Bonchev–Trinajstić information content (AvgIpc) is 2.77. The number of rotatable bonds is 9. The smallest absolute Gasteiger partial charge is 0.329 e. The molecule has 0 saturated carbocycles. The van der Waals surface area contributed by atoms with Gasteiger partial charge in [-0.2, -0.15) is 4.79 Å². The Bertz CT molecular complexity index is 902. The number of para-hydroxylation sites is 1. The first-order valence-corrected chi connectivity index (χ1v) is 9.56. The topological polar surface area (TPSA) is 48.9 Å². The van der Waals surface area contributed by atoms with Crippen molar-refractivity contribution < 1.29 is 9.53 Å². The maximum atomic E-state index is 9.40. The van der Waals surface area contributed by atoms with Crippen LogP contribution in [0.4, 0.5) is 5.69 Å². The molecular formula is C24H25N3O. The second-order valence-electron chi connectivity index (χ2n) is 6.48. The van der Waals surface area contributed by atoms with E-state index in [1.54, 1.807) is 0 Å². The highest BCUT2D eigenvalue weighted by atomic mass is 16.5. The fraction of sp³-hybridized carbons (Fsp3) is 0.208. The molecule has 4 heteroatoms. The van der Waals surface area contributed by atoms with Crippen LogP contribution in [0, 0.1) is 0 Å². The highest BCUT2D eigenvalue weighted by molar-refractivity contribution is 6.09. The van der Waals surface area contributed by atoms with E-state index in [0.29, 0.717) is 18.9 Å². The summed E-state index contributed by atoms with van der Waals surface area (Å²) in [5.74, 6) is 0. The van der Waals surface area contributed by atoms with Crippen LogP contribution in [-0.4, -0.2) is 30.2 Å². The maximum absolute atomic E-state index is 9.40. The van der Waals surface area contributed by atoms with E-state index in [1.807, 2.05) is 60.7 Å². The van der Waals surface area contributed by atoms with E-state index >= 15 is 0 Å². The predicted octanol–water partition coefficient (Wildman–Crippen LogP) is 4.80. The van der Waals surface area contributed by atoms with Crippen molar-refractivity contribution in [3.8, 4) is 0 Å². The maximum Gasteiger partial charge on any atom is 0.329 e. The third kappa shape index (κ3) is 5.17. The van der Waals surface area contributed by atoms with E-state index in [2.05, 4.69) is 40.9 Å². The fourth-order valence-electron chi connectivity index (χ4n) is 3.11. The molecule has 142 valence electrons. The van der Waals surface area contributed by atoms with Gasteiger partial charge in [0, 0.05) is 18.8 Å². The molecule has 0 bridgehead atoms. The van der Waals surface area contributed by atoms with Gasteiger partial charge in [0.2, 0.25) is 0 Å². The zero-order chi connectivity index (χ0) is 19.6. The second kappa shape index (κ2) is 10.2. The average molecular weight is 371 g/mol. The van der Waals surface area contributed by atoms with Gasteiger partial charge in [-0.05, 0) is 48.9 Å². The van der Waals surface area contributed by atoms with Crippen LogP contribution in [0.1, 0.15) is 23.6 Å². The molecule has 0 heterocycles. The molecule has 3 aromatic carbocycles. The van der Waals surface area contributed by atoms with Gasteiger partial charge < -0.3 is 15.2 Å². The summed E-state index contributed by atoms with van der Waals surface area (Å²) in [7, 11) is 0. The summed E-state index contributed by atoms with van der Waals surface area (Å²) >= 11 is 0. The Labute approximate surface area is 166 Å². The molecule has 0 spiro atoms. The van der Waals surface area contributed by atoms with Gasteiger partial charge in [-0.15, -0.1) is 0 Å². The van der Waals surface area contributed by atoms with Crippen molar-refractivity contribution in [3.05, 3.63) is 107 Å². The summed E-state index contributed by atoms with van der Waals surface area (Å²) in [6, 6.07) is 28.0. The van der Waals surface area contributed by atoms with Crippen LogP contribution in [0.3, 0.4) is 0 Å². The molecule has 0 aliphatic carbocycles. The highest BCUT2D eigenvalue weighted by Gasteiger charge is 2.14. The van der Waals surface area contributed by atoms with Crippen LogP contribution >= 0.6 is 0 Å². The Morgan fingerprint density at radius 1 is 0.857 bits per heavy atom. The standard InChI is InChI=1S/C24H25N3O/c1-2-27(23-11-7-4-8-12-23)17-18-28-19-20-13-15-22(16-14-20)24(26-25)21-9-5-3-6-10-21/h3-16H,2,17-19H2,1H3. The lowest BCUT2D eigenvalue weighted by atomic mass is 10.0. The number of ether oxygens (including phenoxy) is 1. The number of hydrogen-bond acceptors (Lipinski definition) is 2. The first-order chi connectivity index (χ1) is 13.8. The molecule has 0 fully saturated rings. The summed E-state index contributed by atoms with van der Waals surface area (Å²) in [5.41, 5.74) is 14.0. The lowest BCUT2D eigenvalue weighted by Gasteiger charge is -2.22. The lowest BCUT2D eigenvalue weighted by Crippen LogP contribution is -2.26. The molecule has 3 aromatic rings. The second-order valence-corrected chi connectivity index (χ2v) is 6.48. The van der Waals surface area contributed by atoms with E-state index in [-0.39, 0.29) is 0 Å². The highest BCUT2D eigenvalue weighted by Crippen LogP contribution is 2.13. The lowest BCUT2D eigenvalue weighted by molar-refractivity contribution is -0.00279. The molecule has 3 rings (SSSR count). The van der Waals surface area contributed by atoms with Crippen LogP contribution in [0.15, 0.2) is 84.9 Å². The summed E-state index contributed by atoms with van der Waals surface area (Å²) < 4.78 is 5.86. The molecule has 0 aliphatic heterocycles. The Balaban J connectivity index is 1.53. The molecule has 28 heavy (non-hydrogen) atoms.